The van der Waals surface area contributed by atoms with Crippen LogP contribution in [0.15, 0.2) is 71.7 Å². The molecule has 12 heteroatoms. The van der Waals surface area contributed by atoms with E-state index in [-0.39, 0.29) is 58.7 Å². The minimum absolute atomic E-state index is 0.00468. The van der Waals surface area contributed by atoms with Gasteiger partial charge in [0.2, 0.25) is 11.8 Å². The lowest BCUT2D eigenvalue weighted by Crippen LogP contribution is -2.35. The second-order valence-electron chi connectivity index (χ2n) is 9.46. The third-order valence-corrected chi connectivity index (χ3v) is 7.04. The zero-order chi connectivity index (χ0) is 28.7. The van der Waals surface area contributed by atoms with Crippen LogP contribution >= 0.6 is 11.6 Å². The van der Waals surface area contributed by atoms with E-state index in [2.05, 4.69) is 9.97 Å². The fourth-order valence-electron chi connectivity index (χ4n) is 4.63. The maximum absolute atomic E-state index is 15.4. The van der Waals surface area contributed by atoms with E-state index in [4.69, 9.17) is 21.1 Å². The molecule has 1 atom stereocenters. The summed E-state index contributed by atoms with van der Waals surface area (Å²) in [7, 11) is 0. The van der Waals surface area contributed by atoms with Gasteiger partial charge < -0.3 is 14.6 Å². The summed E-state index contributed by atoms with van der Waals surface area (Å²) >= 11 is 5.84. The van der Waals surface area contributed by atoms with E-state index in [1.54, 1.807) is 28.9 Å². The number of halogens is 3. The highest BCUT2D eigenvalue weighted by Gasteiger charge is 2.24. The van der Waals surface area contributed by atoms with Gasteiger partial charge in [0.05, 0.1) is 46.4 Å². The Bertz CT molecular complexity index is 1850. The fourth-order valence-corrected chi connectivity index (χ4v) is 4.74. The van der Waals surface area contributed by atoms with Crippen LogP contribution in [-0.2, 0) is 17.8 Å². The lowest BCUT2D eigenvalue weighted by Gasteiger charge is -2.28. The molecule has 1 aliphatic rings. The van der Waals surface area contributed by atoms with Crippen molar-refractivity contribution in [1.29, 1.82) is 0 Å². The number of aromatic nitrogens is 4. The van der Waals surface area contributed by atoms with Gasteiger partial charge in [0.15, 0.2) is 0 Å². The minimum Gasteiger partial charge on any atom is -0.478 e. The molecule has 208 valence electrons. The molecule has 1 saturated heterocycles. The van der Waals surface area contributed by atoms with Gasteiger partial charge in [-0.15, -0.1) is 0 Å². The summed E-state index contributed by atoms with van der Waals surface area (Å²) in [6.07, 6.45) is 1.98. The van der Waals surface area contributed by atoms with Crippen molar-refractivity contribution >= 4 is 28.5 Å². The van der Waals surface area contributed by atoms with Gasteiger partial charge in [0, 0.05) is 36.1 Å². The molecule has 2 aromatic carbocycles. The van der Waals surface area contributed by atoms with Gasteiger partial charge in [-0.05, 0) is 48.9 Å². The van der Waals surface area contributed by atoms with E-state index in [9.17, 15) is 14.7 Å². The zero-order valence-electron chi connectivity index (χ0n) is 21.3. The van der Waals surface area contributed by atoms with Crippen LogP contribution in [0.25, 0.3) is 22.2 Å². The third-order valence-electron chi connectivity index (χ3n) is 6.81. The Morgan fingerprint density at radius 1 is 1.07 bits per heavy atom. The molecule has 1 N–H and O–H groups in total. The monoisotopic (exact) mass is 578 g/mol. The molecule has 0 aliphatic carbocycles. The molecule has 5 aromatic rings. The van der Waals surface area contributed by atoms with Crippen molar-refractivity contribution in [3.63, 3.8) is 0 Å². The Balaban J connectivity index is 1.34. The van der Waals surface area contributed by atoms with Gasteiger partial charge in [-0.1, -0.05) is 17.7 Å². The first kappa shape index (κ1) is 26.6. The lowest BCUT2D eigenvalue weighted by molar-refractivity contribution is -0.0618. The Hall–Kier alpha value is -4.61. The lowest BCUT2D eigenvalue weighted by atomic mass is 10.1. The molecule has 6 rings (SSSR count). The first-order valence-electron chi connectivity index (χ1n) is 12.6. The molecule has 0 spiro atoms. The maximum atomic E-state index is 15.4. The number of carboxylic acids is 1. The first-order chi connectivity index (χ1) is 19.8. The molecule has 1 unspecified atom stereocenters. The van der Waals surface area contributed by atoms with Gasteiger partial charge in [-0.25, -0.2) is 28.2 Å². The first-order valence-corrected chi connectivity index (χ1v) is 13.0. The van der Waals surface area contributed by atoms with Crippen LogP contribution in [-0.4, -0.2) is 43.1 Å². The molecule has 0 bridgehead atoms. The van der Waals surface area contributed by atoms with Gasteiger partial charge in [-0.3, -0.25) is 9.48 Å². The van der Waals surface area contributed by atoms with Gasteiger partial charge in [0.25, 0.3) is 5.56 Å². The fraction of sp³-hybridized carbons (Fsp3) is 0.172. The van der Waals surface area contributed by atoms with Crippen molar-refractivity contribution in [3.05, 3.63) is 105 Å². The summed E-state index contributed by atoms with van der Waals surface area (Å²) < 4.78 is 44.8. The number of fused-ring (bicyclic) bond motifs is 1. The number of hydrogen-bond acceptors (Lipinski definition) is 6. The second kappa shape index (κ2) is 10.8. The number of carbonyl (C=O) groups is 1. The molecule has 1 aliphatic heterocycles. The Morgan fingerprint density at radius 3 is 2.61 bits per heavy atom. The molecule has 0 amide bonds. The standard InChI is InChI=1S/C29H21ClF2N4O5/c30-18-5-7-26(33-13-18)41-27-3-1-2-24(34-27)21-12-22(31)17(10-23(21)32)14-36-28(37)20-6-4-16(29(38)39)11-25(20)35(36)15-19-8-9-40-19/h1-7,10-13,19H,8-9,14-15H2,(H,38,39). The van der Waals surface area contributed by atoms with Crippen molar-refractivity contribution < 1.29 is 28.2 Å². The van der Waals surface area contributed by atoms with E-state index in [0.717, 1.165) is 18.6 Å². The van der Waals surface area contributed by atoms with Gasteiger partial charge in [0.1, 0.15) is 11.6 Å². The average molecular weight is 579 g/mol. The van der Waals surface area contributed by atoms with Gasteiger partial charge >= 0.3 is 5.97 Å². The largest absolute Gasteiger partial charge is 0.478 e. The highest BCUT2D eigenvalue weighted by Crippen LogP contribution is 2.28. The number of hydrogen-bond donors (Lipinski definition) is 1. The molecule has 9 nitrogen and oxygen atoms in total. The highest BCUT2D eigenvalue weighted by molar-refractivity contribution is 6.30. The molecule has 0 radical (unpaired) electrons. The van der Waals surface area contributed by atoms with Gasteiger partial charge in [-0.2, -0.15) is 0 Å². The summed E-state index contributed by atoms with van der Waals surface area (Å²) in [6.45, 7) is 0.542. The molecular formula is C29H21ClF2N4O5. The second-order valence-corrected chi connectivity index (χ2v) is 9.90. The van der Waals surface area contributed by atoms with Crippen molar-refractivity contribution in [3.8, 4) is 23.0 Å². The maximum Gasteiger partial charge on any atom is 0.335 e. The van der Waals surface area contributed by atoms with E-state index in [1.807, 2.05) is 0 Å². The molecule has 3 aromatic heterocycles. The highest BCUT2D eigenvalue weighted by atomic mass is 35.5. The molecule has 0 saturated carbocycles. The van der Waals surface area contributed by atoms with Crippen molar-refractivity contribution in [2.24, 2.45) is 0 Å². The zero-order valence-corrected chi connectivity index (χ0v) is 22.0. The predicted molar refractivity (Wildman–Crippen MR) is 146 cm³/mol. The Labute approximate surface area is 236 Å². The van der Waals surface area contributed by atoms with Crippen LogP contribution in [0.2, 0.25) is 5.02 Å². The predicted octanol–water partition coefficient (Wildman–Crippen LogP) is 5.52. The normalized spacial score (nSPS) is 14.7. The topological polar surface area (TPSA) is 108 Å². The molecule has 41 heavy (non-hydrogen) atoms. The van der Waals surface area contributed by atoms with E-state index >= 15 is 8.78 Å². The summed E-state index contributed by atoms with van der Waals surface area (Å²) in [5.74, 6) is -2.29. The number of rotatable bonds is 8. The summed E-state index contributed by atoms with van der Waals surface area (Å²) in [5.41, 5.74) is -0.105. The van der Waals surface area contributed by atoms with E-state index in [0.29, 0.717) is 17.1 Å². The van der Waals surface area contributed by atoms with Crippen molar-refractivity contribution in [1.82, 2.24) is 19.3 Å². The van der Waals surface area contributed by atoms with Crippen LogP contribution in [0.5, 0.6) is 11.8 Å². The Kier molecular flexibility index (Phi) is 6.98. The van der Waals surface area contributed by atoms with Crippen LogP contribution < -0.4 is 10.3 Å². The van der Waals surface area contributed by atoms with E-state index < -0.39 is 23.2 Å². The Morgan fingerprint density at radius 2 is 1.90 bits per heavy atom. The van der Waals surface area contributed by atoms with Crippen LogP contribution in [0.4, 0.5) is 8.78 Å². The number of pyridine rings is 2. The third kappa shape index (κ3) is 5.29. The van der Waals surface area contributed by atoms with Crippen molar-refractivity contribution in [2.45, 2.75) is 25.6 Å². The number of nitrogens with zero attached hydrogens (tertiary/aromatic N) is 4. The number of ether oxygens (including phenoxy) is 2. The summed E-state index contributed by atoms with van der Waals surface area (Å²) in [4.78, 5) is 33.2. The minimum atomic E-state index is -1.14. The smallest absolute Gasteiger partial charge is 0.335 e. The SMILES string of the molecule is O=C(O)c1ccc2c(=O)n(Cc3cc(F)c(-c4cccc(Oc5ccc(Cl)cn5)n4)cc3F)n(CC3CCO3)c2c1. The van der Waals surface area contributed by atoms with Crippen LogP contribution in [0, 0.1) is 11.6 Å². The van der Waals surface area contributed by atoms with Crippen LogP contribution in [0.3, 0.4) is 0 Å². The van der Waals surface area contributed by atoms with Crippen molar-refractivity contribution in [2.75, 3.05) is 6.61 Å². The molecule has 4 heterocycles. The average Bonchev–Trinajstić information content (AvgIpc) is 3.19. The molecule has 1 fully saturated rings. The summed E-state index contributed by atoms with van der Waals surface area (Å²) in [6, 6.07) is 14.0. The number of aromatic carboxylic acids is 1. The van der Waals surface area contributed by atoms with E-state index in [1.165, 1.54) is 35.1 Å². The number of benzene rings is 2. The number of carboxylic acid groups (broad SMARTS) is 1. The molecular weight excluding hydrogens is 558 g/mol. The van der Waals surface area contributed by atoms with Crippen LogP contribution in [0.1, 0.15) is 22.3 Å². The quantitative estimate of drug-likeness (QED) is 0.258. The summed E-state index contributed by atoms with van der Waals surface area (Å²) in [5, 5.41) is 10.1.